The summed E-state index contributed by atoms with van der Waals surface area (Å²) in [5.41, 5.74) is 1.65. The topological polar surface area (TPSA) is 66.8 Å². The molecule has 0 spiro atoms. The molecular weight excluding hydrogens is 266 g/mol. The van der Waals surface area contributed by atoms with Gasteiger partial charge in [0.2, 0.25) is 0 Å². The van der Waals surface area contributed by atoms with E-state index in [-0.39, 0.29) is 11.9 Å². The molecule has 1 N–H and O–H groups in total. The minimum absolute atomic E-state index is 0.0265. The predicted molar refractivity (Wildman–Crippen MR) is 79.1 cm³/mol. The minimum atomic E-state index is 0.0265. The Morgan fingerprint density at radius 1 is 1.43 bits per heavy atom. The van der Waals surface area contributed by atoms with E-state index in [9.17, 15) is 4.79 Å². The summed E-state index contributed by atoms with van der Waals surface area (Å²) in [6, 6.07) is 4.07. The average molecular weight is 287 g/mol. The number of piperidine rings is 1. The van der Waals surface area contributed by atoms with Crippen molar-refractivity contribution in [2.75, 3.05) is 13.1 Å². The molecule has 112 valence electrons. The van der Waals surface area contributed by atoms with E-state index in [1.54, 1.807) is 6.20 Å². The van der Waals surface area contributed by atoms with E-state index in [0.717, 1.165) is 31.6 Å². The van der Waals surface area contributed by atoms with Crippen molar-refractivity contribution >= 4 is 5.91 Å². The standard InChI is InChI=1S/C15H21N5O/c1-11(2)20-9-6-14(18-20)15(21)19-8-3-4-12(10-19)13-5-7-16-17-13/h5-7,9,11-12H,3-4,8,10H2,1-2H3,(H,16,17). The molecule has 0 aliphatic carbocycles. The molecule has 0 aromatic carbocycles. The molecule has 6 nitrogen and oxygen atoms in total. The number of nitrogens with zero attached hydrogens (tertiary/aromatic N) is 4. The molecule has 3 rings (SSSR count). The van der Waals surface area contributed by atoms with Crippen LogP contribution in [-0.2, 0) is 0 Å². The third kappa shape index (κ3) is 2.84. The van der Waals surface area contributed by atoms with Crippen LogP contribution in [0.25, 0.3) is 0 Å². The van der Waals surface area contributed by atoms with Gasteiger partial charge in [0.1, 0.15) is 5.69 Å². The number of hydrogen-bond acceptors (Lipinski definition) is 3. The molecule has 1 saturated heterocycles. The van der Waals surface area contributed by atoms with Crippen LogP contribution in [0.5, 0.6) is 0 Å². The SMILES string of the molecule is CC(C)n1ccc(C(=O)N2CCCC(c3ccn[nH]3)C2)n1. The minimum Gasteiger partial charge on any atom is -0.337 e. The Labute approximate surface area is 124 Å². The van der Waals surface area contributed by atoms with Gasteiger partial charge in [-0.2, -0.15) is 10.2 Å². The van der Waals surface area contributed by atoms with Crippen LogP contribution >= 0.6 is 0 Å². The lowest BCUT2D eigenvalue weighted by Gasteiger charge is -2.31. The maximum atomic E-state index is 12.6. The monoisotopic (exact) mass is 287 g/mol. The van der Waals surface area contributed by atoms with Crippen LogP contribution in [0, 0.1) is 0 Å². The van der Waals surface area contributed by atoms with Gasteiger partial charge in [-0.3, -0.25) is 14.6 Å². The lowest BCUT2D eigenvalue weighted by Crippen LogP contribution is -2.39. The third-order valence-corrected chi connectivity index (χ3v) is 4.03. The van der Waals surface area contributed by atoms with Crippen LogP contribution in [0.4, 0.5) is 0 Å². The number of hydrogen-bond donors (Lipinski definition) is 1. The van der Waals surface area contributed by atoms with Crippen LogP contribution < -0.4 is 0 Å². The first kappa shape index (κ1) is 13.9. The first-order valence-electron chi connectivity index (χ1n) is 7.49. The molecule has 1 aliphatic rings. The van der Waals surface area contributed by atoms with E-state index in [0.29, 0.717) is 11.6 Å². The van der Waals surface area contributed by atoms with Crippen LogP contribution in [0.2, 0.25) is 0 Å². The number of nitrogens with one attached hydrogen (secondary N) is 1. The molecule has 3 heterocycles. The van der Waals surface area contributed by atoms with Gasteiger partial charge in [-0.15, -0.1) is 0 Å². The summed E-state index contributed by atoms with van der Waals surface area (Å²) in [6.07, 6.45) is 5.74. The largest absolute Gasteiger partial charge is 0.337 e. The van der Waals surface area contributed by atoms with Crippen LogP contribution in [-0.4, -0.2) is 43.9 Å². The Balaban J connectivity index is 1.71. The molecule has 0 radical (unpaired) electrons. The van der Waals surface area contributed by atoms with Crippen molar-refractivity contribution in [2.24, 2.45) is 0 Å². The van der Waals surface area contributed by atoms with Crippen LogP contribution in [0.3, 0.4) is 0 Å². The fourth-order valence-corrected chi connectivity index (χ4v) is 2.81. The van der Waals surface area contributed by atoms with Gasteiger partial charge in [0.15, 0.2) is 0 Å². The number of H-pyrrole nitrogens is 1. The molecule has 1 atom stereocenters. The van der Waals surface area contributed by atoms with Gasteiger partial charge in [-0.05, 0) is 38.8 Å². The summed E-state index contributed by atoms with van der Waals surface area (Å²) in [7, 11) is 0. The van der Waals surface area contributed by atoms with Gasteiger partial charge in [-0.1, -0.05) is 0 Å². The predicted octanol–water partition coefficient (Wildman–Crippen LogP) is 2.21. The van der Waals surface area contributed by atoms with Crippen molar-refractivity contribution in [3.8, 4) is 0 Å². The Kier molecular flexibility index (Phi) is 3.77. The Morgan fingerprint density at radius 3 is 2.95 bits per heavy atom. The van der Waals surface area contributed by atoms with Gasteiger partial charge in [0.25, 0.3) is 5.91 Å². The fraction of sp³-hybridized carbons (Fsp3) is 0.533. The molecule has 1 unspecified atom stereocenters. The molecule has 2 aromatic heterocycles. The van der Waals surface area contributed by atoms with E-state index >= 15 is 0 Å². The number of likely N-dealkylation sites (tertiary alicyclic amines) is 1. The Hall–Kier alpha value is -2.11. The third-order valence-electron chi connectivity index (χ3n) is 4.03. The quantitative estimate of drug-likeness (QED) is 0.941. The van der Waals surface area contributed by atoms with E-state index < -0.39 is 0 Å². The summed E-state index contributed by atoms with van der Waals surface area (Å²) < 4.78 is 1.82. The molecule has 2 aromatic rings. The highest BCUT2D eigenvalue weighted by atomic mass is 16.2. The van der Waals surface area contributed by atoms with Crippen molar-refractivity contribution in [2.45, 2.75) is 38.6 Å². The number of carbonyl (C=O) groups is 1. The molecule has 1 fully saturated rings. The highest BCUT2D eigenvalue weighted by Gasteiger charge is 2.27. The van der Waals surface area contributed by atoms with E-state index in [2.05, 4.69) is 29.1 Å². The number of rotatable bonds is 3. The molecule has 0 bridgehead atoms. The van der Waals surface area contributed by atoms with Gasteiger partial charge < -0.3 is 4.90 Å². The highest BCUT2D eigenvalue weighted by Crippen LogP contribution is 2.26. The Bertz CT molecular complexity index is 601. The molecule has 1 aliphatic heterocycles. The number of aromatic amines is 1. The van der Waals surface area contributed by atoms with E-state index in [1.165, 1.54) is 0 Å². The van der Waals surface area contributed by atoms with Crippen molar-refractivity contribution in [3.63, 3.8) is 0 Å². The van der Waals surface area contributed by atoms with Crippen LogP contribution in [0.15, 0.2) is 24.5 Å². The smallest absolute Gasteiger partial charge is 0.274 e. The second-order valence-electron chi connectivity index (χ2n) is 5.88. The number of aromatic nitrogens is 4. The van der Waals surface area contributed by atoms with Gasteiger partial charge in [0.05, 0.1) is 0 Å². The molecule has 0 saturated carbocycles. The van der Waals surface area contributed by atoms with Crippen molar-refractivity contribution in [1.29, 1.82) is 0 Å². The maximum Gasteiger partial charge on any atom is 0.274 e. The van der Waals surface area contributed by atoms with E-state index in [4.69, 9.17) is 0 Å². The second kappa shape index (κ2) is 5.71. The fourth-order valence-electron chi connectivity index (χ4n) is 2.81. The zero-order valence-corrected chi connectivity index (χ0v) is 12.5. The van der Waals surface area contributed by atoms with Crippen molar-refractivity contribution < 1.29 is 4.79 Å². The lowest BCUT2D eigenvalue weighted by atomic mass is 9.95. The summed E-state index contributed by atoms with van der Waals surface area (Å²) >= 11 is 0. The summed E-state index contributed by atoms with van der Waals surface area (Å²) in [4.78, 5) is 14.5. The molecular formula is C15H21N5O. The average Bonchev–Trinajstić information content (AvgIpc) is 3.18. The van der Waals surface area contributed by atoms with Gasteiger partial charge >= 0.3 is 0 Å². The summed E-state index contributed by atoms with van der Waals surface area (Å²) in [5.74, 6) is 0.371. The summed E-state index contributed by atoms with van der Waals surface area (Å²) in [5, 5.41) is 11.4. The summed E-state index contributed by atoms with van der Waals surface area (Å²) in [6.45, 7) is 5.64. The first-order valence-corrected chi connectivity index (χ1v) is 7.49. The van der Waals surface area contributed by atoms with Gasteiger partial charge in [-0.25, -0.2) is 0 Å². The number of carbonyl (C=O) groups excluding carboxylic acids is 1. The normalized spacial score (nSPS) is 19.2. The maximum absolute atomic E-state index is 12.6. The Morgan fingerprint density at radius 2 is 2.29 bits per heavy atom. The van der Waals surface area contributed by atoms with Crippen molar-refractivity contribution in [3.05, 3.63) is 35.9 Å². The van der Waals surface area contributed by atoms with Crippen LogP contribution in [0.1, 0.15) is 54.8 Å². The second-order valence-corrected chi connectivity index (χ2v) is 5.88. The number of amides is 1. The highest BCUT2D eigenvalue weighted by molar-refractivity contribution is 5.92. The molecule has 6 heteroatoms. The zero-order valence-electron chi connectivity index (χ0n) is 12.5. The first-order chi connectivity index (χ1) is 10.1. The molecule has 1 amide bonds. The molecule has 21 heavy (non-hydrogen) atoms. The van der Waals surface area contributed by atoms with Gasteiger partial charge in [0, 0.05) is 43.1 Å². The zero-order chi connectivity index (χ0) is 14.8. The van der Waals surface area contributed by atoms with E-state index in [1.807, 2.05) is 27.9 Å². The lowest BCUT2D eigenvalue weighted by molar-refractivity contribution is 0.0698. The van der Waals surface area contributed by atoms with Crippen molar-refractivity contribution in [1.82, 2.24) is 24.9 Å².